The number of imidazole rings is 1. The van der Waals surface area contributed by atoms with E-state index in [1.807, 2.05) is 12.3 Å². The van der Waals surface area contributed by atoms with E-state index in [0.29, 0.717) is 12.1 Å². The van der Waals surface area contributed by atoms with Gasteiger partial charge in [0.1, 0.15) is 5.82 Å². The molecule has 0 amide bonds. The number of nitrogens with one attached hydrogen (secondary N) is 1. The third-order valence-electron chi connectivity index (χ3n) is 4.51. The summed E-state index contributed by atoms with van der Waals surface area (Å²) in [7, 11) is 0. The van der Waals surface area contributed by atoms with E-state index in [1.54, 1.807) is 18.2 Å². The number of nitro benzene ring substituents is 1. The zero-order valence-electron chi connectivity index (χ0n) is 13.9. The summed E-state index contributed by atoms with van der Waals surface area (Å²) in [6, 6.07) is 13.2. The van der Waals surface area contributed by atoms with Crippen LogP contribution in [0.15, 0.2) is 48.7 Å². The molecule has 0 unspecified atom stereocenters. The number of aryl methyl sites for hydroxylation is 1. The van der Waals surface area contributed by atoms with Crippen LogP contribution in [0.4, 0.5) is 5.69 Å². The highest BCUT2D eigenvalue weighted by Crippen LogP contribution is 2.25. The molecule has 0 radical (unpaired) electrons. The van der Waals surface area contributed by atoms with E-state index >= 15 is 0 Å². The van der Waals surface area contributed by atoms with Gasteiger partial charge in [-0.2, -0.15) is 0 Å². The lowest BCUT2D eigenvalue weighted by Crippen LogP contribution is -2.05. The van der Waals surface area contributed by atoms with Crippen molar-refractivity contribution in [2.75, 3.05) is 0 Å². The largest absolute Gasteiger partial charge is 0.361 e. The van der Waals surface area contributed by atoms with Gasteiger partial charge in [0.2, 0.25) is 0 Å². The maximum absolute atomic E-state index is 11.0. The Morgan fingerprint density at radius 1 is 1.24 bits per heavy atom. The van der Waals surface area contributed by atoms with Gasteiger partial charge in [-0.25, -0.2) is 4.98 Å². The van der Waals surface area contributed by atoms with Gasteiger partial charge in [0.25, 0.3) is 5.69 Å². The SMILES string of the molecule is CCCc1nc2cc([N+](=O)[O-])ccc2n1Cc1cccc2[nH]ccc12. The first-order valence-electron chi connectivity index (χ1n) is 8.36. The maximum Gasteiger partial charge on any atom is 0.271 e. The van der Waals surface area contributed by atoms with E-state index in [0.717, 1.165) is 29.7 Å². The molecule has 4 rings (SSSR count). The van der Waals surface area contributed by atoms with Gasteiger partial charge in [-0.05, 0) is 30.2 Å². The Balaban J connectivity index is 1.85. The Labute approximate surface area is 144 Å². The molecule has 6 heteroatoms. The van der Waals surface area contributed by atoms with Gasteiger partial charge in [0.15, 0.2) is 0 Å². The lowest BCUT2D eigenvalue weighted by molar-refractivity contribution is -0.384. The molecule has 0 saturated heterocycles. The molecule has 0 atom stereocenters. The number of nitrogens with zero attached hydrogens (tertiary/aromatic N) is 3. The lowest BCUT2D eigenvalue weighted by Gasteiger charge is -2.10. The minimum absolute atomic E-state index is 0.0768. The molecular weight excluding hydrogens is 316 g/mol. The molecular formula is C19H18N4O2. The minimum Gasteiger partial charge on any atom is -0.361 e. The summed E-state index contributed by atoms with van der Waals surface area (Å²) in [6.45, 7) is 2.80. The molecule has 25 heavy (non-hydrogen) atoms. The highest BCUT2D eigenvalue weighted by atomic mass is 16.6. The second-order valence-electron chi connectivity index (χ2n) is 6.15. The first kappa shape index (κ1) is 15.4. The third kappa shape index (κ3) is 2.65. The van der Waals surface area contributed by atoms with Crippen LogP contribution < -0.4 is 0 Å². The van der Waals surface area contributed by atoms with Crippen molar-refractivity contribution in [1.82, 2.24) is 14.5 Å². The Morgan fingerprint density at radius 2 is 2.12 bits per heavy atom. The van der Waals surface area contributed by atoms with E-state index in [9.17, 15) is 10.1 Å². The van der Waals surface area contributed by atoms with Gasteiger partial charge in [0, 0.05) is 35.7 Å². The molecule has 126 valence electrons. The zero-order chi connectivity index (χ0) is 17.4. The summed E-state index contributed by atoms with van der Waals surface area (Å²) < 4.78 is 2.17. The number of aromatic nitrogens is 3. The van der Waals surface area contributed by atoms with Gasteiger partial charge in [-0.15, -0.1) is 0 Å². The summed E-state index contributed by atoms with van der Waals surface area (Å²) in [5.41, 5.74) is 4.00. The average molecular weight is 334 g/mol. The fourth-order valence-corrected chi connectivity index (χ4v) is 3.33. The minimum atomic E-state index is -0.376. The van der Waals surface area contributed by atoms with Crippen LogP contribution in [0.5, 0.6) is 0 Å². The Morgan fingerprint density at radius 3 is 2.92 bits per heavy atom. The summed E-state index contributed by atoms with van der Waals surface area (Å²) in [5.74, 6) is 0.963. The Bertz CT molecular complexity index is 1080. The summed E-state index contributed by atoms with van der Waals surface area (Å²) in [4.78, 5) is 18.6. The number of non-ortho nitro benzene ring substituents is 1. The van der Waals surface area contributed by atoms with Crippen LogP contribution in [-0.2, 0) is 13.0 Å². The molecule has 1 N–H and O–H groups in total. The molecule has 0 fully saturated rings. The molecule has 0 saturated carbocycles. The van der Waals surface area contributed by atoms with Crippen molar-refractivity contribution in [3.8, 4) is 0 Å². The first-order valence-corrected chi connectivity index (χ1v) is 8.36. The van der Waals surface area contributed by atoms with Crippen molar-refractivity contribution in [2.45, 2.75) is 26.3 Å². The van der Waals surface area contributed by atoms with Crippen molar-refractivity contribution in [3.63, 3.8) is 0 Å². The molecule has 0 aliphatic carbocycles. The molecule has 2 aromatic heterocycles. The normalized spacial score (nSPS) is 11.4. The number of hydrogen-bond donors (Lipinski definition) is 1. The van der Waals surface area contributed by atoms with Gasteiger partial charge in [0.05, 0.1) is 22.5 Å². The second kappa shape index (κ2) is 6.05. The van der Waals surface area contributed by atoms with E-state index < -0.39 is 0 Å². The van der Waals surface area contributed by atoms with E-state index in [-0.39, 0.29) is 10.6 Å². The highest BCUT2D eigenvalue weighted by molar-refractivity contribution is 5.83. The van der Waals surface area contributed by atoms with Crippen LogP contribution in [0.1, 0.15) is 24.7 Å². The monoisotopic (exact) mass is 334 g/mol. The summed E-state index contributed by atoms with van der Waals surface area (Å²) >= 11 is 0. The Kier molecular flexibility index (Phi) is 3.72. The predicted octanol–water partition coefficient (Wildman–Crippen LogP) is 4.43. The van der Waals surface area contributed by atoms with Crippen LogP contribution in [0.3, 0.4) is 0 Å². The molecule has 0 aliphatic heterocycles. The lowest BCUT2D eigenvalue weighted by atomic mass is 10.1. The number of nitro groups is 1. The zero-order valence-corrected chi connectivity index (χ0v) is 13.9. The second-order valence-corrected chi connectivity index (χ2v) is 6.15. The van der Waals surface area contributed by atoms with E-state index in [1.165, 1.54) is 10.9 Å². The van der Waals surface area contributed by atoms with Crippen molar-refractivity contribution < 1.29 is 4.92 Å². The first-order chi connectivity index (χ1) is 12.2. The average Bonchev–Trinajstić information content (AvgIpc) is 3.20. The quantitative estimate of drug-likeness (QED) is 0.433. The van der Waals surface area contributed by atoms with Crippen LogP contribution in [0, 0.1) is 10.1 Å². The van der Waals surface area contributed by atoms with Crippen LogP contribution in [0.2, 0.25) is 0 Å². The van der Waals surface area contributed by atoms with Crippen LogP contribution in [-0.4, -0.2) is 19.5 Å². The molecule has 2 heterocycles. The number of hydrogen-bond acceptors (Lipinski definition) is 3. The molecule has 2 aromatic carbocycles. The number of rotatable bonds is 5. The van der Waals surface area contributed by atoms with E-state index in [2.05, 4.69) is 39.7 Å². The van der Waals surface area contributed by atoms with Gasteiger partial charge in [-0.1, -0.05) is 19.1 Å². The predicted molar refractivity (Wildman–Crippen MR) is 97.8 cm³/mol. The fourth-order valence-electron chi connectivity index (χ4n) is 3.33. The third-order valence-corrected chi connectivity index (χ3v) is 4.51. The highest BCUT2D eigenvalue weighted by Gasteiger charge is 2.15. The van der Waals surface area contributed by atoms with Gasteiger partial charge >= 0.3 is 0 Å². The number of benzene rings is 2. The van der Waals surface area contributed by atoms with Crippen LogP contribution in [0.25, 0.3) is 21.9 Å². The van der Waals surface area contributed by atoms with Crippen molar-refractivity contribution in [3.05, 3.63) is 70.2 Å². The van der Waals surface area contributed by atoms with E-state index in [4.69, 9.17) is 0 Å². The number of H-pyrrole nitrogens is 1. The smallest absolute Gasteiger partial charge is 0.271 e. The molecule has 4 aromatic rings. The maximum atomic E-state index is 11.0. The summed E-state index contributed by atoms with van der Waals surface area (Å²) in [5, 5.41) is 12.2. The van der Waals surface area contributed by atoms with Crippen LogP contribution >= 0.6 is 0 Å². The van der Waals surface area contributed by atoms with Crippen molar-refractivity contribution in [1.29, 1.82) is 0 Å². The fraction of sp³-hybridized carbons (Fsp3) is 0.211. The van der Waals surface area contributed by atoms with Crippen molar-refractivity contribution >= 4 is 27.6 Å². The molecule has 6 nitrogen and oxygen atoms in total. The van der Waals surface area contributed by atoms with Crippen molar-refractivity contribution in [2.24, 2.45) is 0 Å². The molecule has 0 bridgehead atoms. The number of aromatic amines is 1. The topological polar surface area (TPSA) is 76.8 Å². The Hall–Kier alpha value is -3.15. The van der Waals surface area contributed by atoms with Gasteiger partial charge < -0.3 is 9.55 Å². The molecule has 0 spiro atoms. The molecule has 0 aliphatic rings. The summed E-state index contributed by atoms with van der Waals surface area (Å²) in [6.07, 6.45) is 3.75. The standard InChI is InChI=1S/C19H18N4O2/c1-2-4-19-21-17-11-14(23(24)25)7-8-18(17)22(19)12-13-5-3-6-16-15(13)9-10-20-16/h3,5-11,20H,2,4,12H2,1H3. The van der Waals surface area contributed by atoms with Gasteiger partial charge in [-0.3, -0.25) is 10.1 Å². The number of fused-ring (bicyclic) bond motifs is 2.